The Morgan fingerprint density at radius 3 is 2.42 bits per heavy atom. The summed E-state index contributed by atoms with van der Waals surface area (Å²) in [5.74, 6) is 0. The number of nitrogens with one attached hydrogen (secondary N) is 1. The van der Waals surface area contributed by atoms with Crippen molar-refractivity contribution in [2.24, 2.45) is 5.14 Å². The molecule has 3 aromatic rings. The van der Waals surface area contributed by atoms with Gasteiger partial charge < -0.3 is 4.98 Å². The summed E-state index contributed by atoms with van der Waals surface area (Å²) in [5, 5.41) is 17.5. The Labute approximate surface area is 146 Å². The fourth-order valence-corrected chi connectivity index (χ4v) is 3.77. The molecule has 3 N–H and O–H groups in total. The van der Waals surface area contributed by atoms with Crippen LogP contribution in [0.5, 0.6) is 0 Å². The van der Waals surface area contributed by atoms with Gasteiger partial charge in [-0.3, -0.25) is 10.1 Å². The van der Waals surface area contributed by atoms with Gasteiger partial charge in [0.05, 0.1) is 25.4 Å². The molecule has 0 aliphatic carbocycles. The fraction of sp³-hybridized carbons (Fsp3) is 0. The molecule has 2 aromatic carbocycles. The second-order valence-corrected chi connectivity index (χ2v) is 7.31. The highest BCUT2D eigenvalue weighted by Gasteiger charge is 2.22. The van der Waals surface area contributed by atoms with Crippen LogP contribution in [-0.2, 0) is 10.0 Å². The number of benzene rings is 2. The summed E-state index contributed by atoms with van der Waals surface area (Å²) in [6.07, 6.45) is 1.50. The first-order chi connectivity index (χ1) is 11.2. The summed E-state index contributed by atoms with van der Waals surface area (Å²) in [6, 6.07) is 6.42. The number of nitrogens with zero attached hydrogens (tertiary/aromatic N) is 1. The van der Waals surface area contributed by atoms with Gasteiger partial charge in [0.2, 0.25) is 10.0 Å². The van der Waals surface area contributed by atoms with E-state index in [9.17, 15) is 18.5 Å². The normalized spacial score (nSPS) is 11.8. The summed E-state index contributed by atoms with van der Waals surface area (Å²) in [6.45, 7) is 0. The highest BCUT2D eigenvalue weighted by molar-refractivity contribution is 7.89. The number of primary sulfonamides is 1. The van der Waals surface area contributed by atoms with Crippen LogP contribution in [0, 0.1) is 10.1 Å². The lowest BCUT2D eigenvalue weighted by molar-refractivity contribution is -0.384. The van der Waals surface area contributed by atoms with Gasteiger partial charge >= 0.3 is 0 Å². The number of halogens is 2. The third-order valence-electron chi connectivity index (χ3n) is 3.51. The maximum Gasteiger partial charge on any atom is 0.270 e. The van der Waals surface area contributed by atoms with E-state index in [1.54, 1.807) is 6.07 Å². The average molecular weight is 386 g/mol. The summed E-state index contributed by atoms with van der Waals surface area (Å²) in [5.41, 5.74) is 0.664. The van der Waals surface area contributed by atoms with Crippen LogP contribution in [-0.4, -0.2) is 18.3 Å². The van der Waals surface area contributed by atoms with Crippen LogP contribution in [0.15, 0.2) is 41.4 Å². The zero-order valence-corrected chi connectivity index (χ0v) is 14.1. The van der Waals surface area contributed by atoms with Gasteiger partial charge in [-0.1, -0.05) is 29.3 Å². The largest absolute Gasteiger partial charge is 0.359 e. The first-order valence-electron chi connectivity index (χ1n) is 6.47. The molecular formula is C14H9Cl2N3O4S. The molecule has 0 aliphatic heterocycles. The fourth-order valence-electron chi connectivity index (χ4n) is 2.48. The van der Waals surface area contributed by atoms with Crippen LogP contribution in [0.4, 0.5) is 5.69 Å². The minimum atomic E-state index is -4.10. The first-order valence-corrected chi connectivity index (χ1v) is 8.77. The Hall–Kier alpha value is -2.13. The van der Waals surface area contributed by atoms with E-state index in [1.807, 2.05) is 0 Å². The zero-order chi connectivity index (χ0) is 17.6. The number of nitro groups is 1. The number of non-ortho nitro benzene ring substituents is 1. The van der Waals surface area contributed by atoms with Crippen molar-refractivity contribution < 1.29 is 13.3 Å². The number of hydrogen-bond acceptors (Lipinski definition) is 4. The molecule has 0 amide bonds. The second kappa shape index (κ2) is 5.75. The minimum absolute atomic E-state index is 0.0897. The number of H-pyrrole nitrogens is 1. The number of aromatic amines is 1. The van der Waals surface area contributed by atoms with E-state index in [0.717, 1.165) is 18.2 Å². The molecule has 3 rings (SSSR count). The number of sulfonamides is 1. The molecule has 1 heterocycles. The molecule has 124 valence electrons. The Kier molecular flexibility index (Phi) is 4.00. The number of hydrogen-bond donors (Lipinski definition) is 2. The SMILES string of the molecule is NS(=O)(=O)c1ccc([N+](=O)[O-])cc1-c1ccc(Cl)c2c(Cl)c[nH]c12. The quantitative estimate of drug-likeness (QED) is 0.527. The van der Waals surface area contributed by atoms with Crippen LogP contribution < -0.4 is 5.14 Å². The van der Waals surface area contributed by atoms with Gasteiger partial charge in [-0.2, -0.15) is 0 Å². The van der Waals surface area contributed by atoms with Crippen LogP contribution in [0.1, 0.15) is 0 Å². The summed E-state index contributed by atoms with van der Waals surface area (Å²) in [4.78, 5) is 13.1. The molecule has 7 nitrogen and oxygen atoms in total. The maximum atomic E-state index is 11.9. The molecule has 0 saturated heterocycles. The van der Waals surface area contributed by atoms with Crippen LogP contribution in [0.25, 0.3) is 22.0 Å². The topological polar surface area (TPSA) is 119 Å². The molecule has 1 aromatic heterocycles. The standard InChI is InChI=1S/C14H9Cl2N3O4S/c15-10-3-2-8(14-13(10)11(16)6-18-14)9-5-7(19(20)21)1-4-12(9)24(17,22)23/h1-6,18H,(H2,17,22,23). The molecule has 0 atom stereocenters. The predicted molar refractivity (Wildman–Crippen MR) is 91.8 cm³/mol. The van der Waals surface area contributed by atoms with Gasteiger partial charge in [0.1, 0.15) is 0 Å². The summed E-state index contributed by atoms with van der Waals surface area (Å²) >= 11 is 12.2. The van der Waals surface area contributed by atoms with Crippen molar-refractivity contribution in [1.82, 2.24) is 4.98 Å². The Morgan fingerprint density at radius 2 is 1.79 bits per heavy atom. The van der Waals surface area contributed by atoms with Gasteiger partial charge in [-0.05, 0) is 12.1 Å². The van der Waals surface area contributed by atoms with Gasteiger partial charge in [0.15, 0.2) is 0 Å². The second-order valence-electron chi connectivity index (χ2n) is 4.96. The zero-order valence-electron chi connectivity index (χ0n) is 11.8. The number of rotatable bonds is 3. The average Bonchev–Trinajstić information content (AvgIpc) is 2.89. The molecule has 0 unspecified atom stereocenters. The Bertz CT molecular complexity index is 1090. The van der Waals surface area contributed by atoms with Crippen molar-refractivity contribution >= 4 is 49.8 Å². The van der Waals surface area contributed by atoms with E-state index in [4.69, 9.17) is 28.3 Å². The van der Waals surface area contributed by atoms with E-state index in [2.05, 4.69) is 4.98 Å². The van der Waals surface area contributed by atoms with E-state index >= 15 is 0 Å². The summed E-state index contributed by atoms with van der Waals surface area (Å²) < 4.78 is 23.7. The highest BCUT2D eigenvalue weighted by Crippen LogP contribution is 2.39. The smallest absolute Gasteiger partial charge is 0.270 e. The third-order valence-corrected chi connectivity index (χ3v) is 5.09. The van der Waals surface area contributed by atoms with Crippen molar-refractivity contribution in [2.45, 2.75) is 4.90 Å². The lowest BCUT2D eigenvalue weighted by Crippen LogP contribution is -2.13. The summed E-state index contributed by atoms with van der Waals surface area (Å²) in [7, 11) is -4.10. The molecule has 0 saturated carbocycles. The minimum Gasteiger partial charge on any atom is -0.359 e. The lowest BCUT2D eigenvalue weighted by Gasteiger charge is -2.10. The van der Waals surface area contributed by atoms with E-state index in [0.29, 0.717) is 26.5 Å². The highest BCUT2D eigenvalue weighted by atomic mass is 35.5. The van der Waals surface area contributed by atoms with Crippen molar-refractivity contribution in [3.8, 4) is 11.1 Å². The molecule has 0 fully saturated rings. The van der Waals surface area contributed by atoms with Gasteiger partial charge in [0, 0.05) is 34.8 Å². The number of aromatic nitrogens is 1. The molecule has 10 heteroatoms. The van der Waals surface area contributed by atoms with Crippen LogP contribution in [0.3, 0.4) is 0 Å². The van der Waals surface area contributed by atoms with E-state index in [1.165, 1.54) is 12.3 Å². The van der Waals surface area contributed by atoms with Crippen molar-refractivity contribution in [3.05, 3.63) is 56.7 Å². The molecule has 24 heavy (non-hydrogen) atoms. The molecule has 0 radical (unpaired) electrons. The monoisotopic (exact) mass is 385 g/mol. The van der Waals surface area contributed by atoms with E-state index in [-0.39, 0.29) is 16.1 Å². The number of nitrogens with two attached hydrogens (primary N) is 1. The molecule has 0 spiro atoms. The Morgan fingerprint density at radius 1 is 1.08 bits per heavy atom. The van der Waals surface area contributed by atoms with Crippen molar-refractivity contribution in [3.63, 3.8) is 0 Å². The van der Waals surface area contributed by atoms with E-state index < -0.39 is 14.9 Å². The van der Waals surface area contributed by atoms with Crippen molar-refractivity contribution in [2.75, 3.05) is 0 Å². The first kappa shape index (κ1) is 16.7. The Balaban J connectivity index is 2.43. The maximum absolute atomic E-state index is 11.9. The number of nitro benzene ring substituents is 1. The number of fused-ring (bicyclic) bond motifs is 1. The predicted octanol–water partition coefficient (Wildman–Crippen LogP) is 3.70. The van der Waals surface area contributed by atoms with Gasteiger partial charge in [-0.25, -0.2) is 13.6 Å². The molecule has 0 bridgehead atoms. The molecule has 0 aliphatic rings. The lowest BCUT2D eigenvalue weighted by atomic mass is 10.0. The van der Waals surface area contributed by atoms with Crippen LogP contribution in [0.2, 0.25) is 10.0 Å². The van der Waals surface area contributed by atoms with Crippen LogP contribution >= 0.6 is 23.2 Å². The van der Waals surface area contributed by atoms with Crippen molar-refractivity contribution in [1.29, 1.82) is 0 Å². The molecular weight excluding hydrogens is 377 g/mol. The third kappa shape index (κ3) is 2.73. The van der Waals surface area contributed by atoms with Gasteiger partial charge in [0.25, 0.3) is 5.69 Å². The van der Waals surface area contributed by atoms with Gasteiger partial charge in [-0.15, -0.1) is 0 Å².